The quantitative estimate of drug-likeness (QED) is 0.752. The zero-order valence-electron chi connectivity index (χ0n) is 12.8. The molecular weight excluding hydrogens is 265 g/mol. The van der Waals surface area contributed by atoms with E-state index in [1.54, 1.807) is 6.07 Å². The maximum absolute atomic E-state index is 12.8. The highest BCUT2D eigenvalue weighted by molar-refractivity contribution is 5.28. The lowest BCUT2D eigenvalue weighted by Gasteiger charge is -2.12. The first-order chi connectivity index (χ1) is 10.1. The maximum atomic E-state index is 12.8. The van der Waals surface area contributed by atoms with Crippen LogP contribution in [0.25, 0.3) is 0 Å². The molecule has 1 unspecified atom stereocenters. The second-order valence-corrected chi connectivity index (χ2v) is 5.66. The minimum absolute atomic E-state index is 0.250. The van der Waals surface area contributed by atoms with E-state index < -0.39 is 0 Å². The molecule has 0 fully saturated rings. The summed E-state index contributed by atoms with van der Waals surface area (Å²) in [6.07, 6.45) is 2.11. The van der Waals surface area contributed by atoms with Crippen LogP contribution in [0.15, 0.2) is 42.6 Å². The van der Waals surface area contributed by atoms with Crippen LogP contribution in [-0.4, -0.2) is 11.6 Å². The van der Waals surface area contributed by atoms with Gasteiger partial charge in [0.1, 0.15) is 11.6 Å². The fourth-order valence-corrected chi connectivity index (χ4v) is 2.13. The molecule has 0 aliphatic heterocycles. The van der Waals surface area contributed by atoms with E-state index in [-0.39, 0.29) is 11.7 Å². The van der Waals surface area contributed by atoms with Crippen LogP contribution in [0.2, 0.25) is 0 Å². The lowest BCUT2D eigenvalue weighted by Crippen LogP contribution is -2.05. The molecule has 0 radical (unpaired) electrons. The summed E-state index contributed by atoms with van der Waals surface area (Å²) >= 11 is 0. The van der Waals surface area contributed by atoms with Crippen LogP contribution in [0.1, 0.15) is 50.3 Å². The van der Waals surface area contributed by atoms with Crippen LogP contribution in [0.4, 0.5) is 4.39 Å². The minimum Gasteiger partial charge on any atom is -0.494 e. The van der Waals surface area contributed by atoms with Crippen LogP contribution < -0.4 is 4.74 Å². The third kappa shape index (κ3) is 4.55. The maximum Gasteiger partial charge on any atom is 0.141 e. The molecule has 2 rings (SSSR count). The van der Waals surface area contributed by atoms with Crippen molar-refractivity contribution in [1.29, 1.82) is 0 Å². The van der Waals surface area contributed by atoms with E-state index in [2.05, 4.69) is 37.9 Å². The number of hydrogen-bond donors (Lipinski definition) is 0. The highest BCUT2D eigenvalue weighted by Gasteiger charge is 2.07. The smallest absolute Gasteiger partial charge is 0.141 e. The molecule has 1 heterocycles. The Hall–Kier alpha value is -1.90. The summed E-state index contributed by atoms with van der Waals surface area (Å²) in [5.41, 5.74) is 2.21. The van der Waals surface area contributed by atoms with Crippen molar-refractivity contribution < 1.29 is 9.13 Å². The van der Waals surface area contributed by atoms with E-state index in [1.807, 2.05) is 12.1 Å². The van der Waals surface area contributed by atoms with E-state index in [0.717, 1.165) is 17.9 Å². The molecule has 3 heteroatoms. The summed E-state index contributed by atoms with van der Waals surface area (Å²) in [6.45, 7) is 7.05. The van der Waals surface area contributed by atoms with Gasteiger partial charge in [-0.05, 0) is 42.2 Å². The Morgan fingerprint density at radius 2 is 1.76 bits per heavy atom. The number of rotatable bonds is 6. The van der Waals surface area contributed by atoms with Crippen LogP contribution >= 0.6 is 0 Å². The Morgan fingerprint density at radius 3 is 2.33 bits per heavy atom. The topological polar surface area (TPSA) is 22.1 Å². The lowest BCUT2D eigenvalue weighted by atomic mass is 10.0. The van der Waals surface area contributed by atoms with Gasteiger partial charge in [0.05, 0.1) is 12.8 Å². The number of ether oxygens (including phenoxy) is 1. The van der Waals surface area contributed by atoms with Gasteiger partial charge in [-0.15, -0.1) is 0 Å². The molecule has 0 saturated heterocycles. The van der Waals surface area contributed by atoms with Crippen molar-refractivity contribution in [2.75, 3.05) is 6.61 Å². The fraction of sp³-hybridized carbons (Fsp3) is 0.389. The van der Waals surface area contributed by atoms with Gasteiger partial charge >= 0.3 is 0 Å². The van der Waals surface area contributed by atoms with Crippen molar-refractivity contribution in [1.82, 2.24) is 4.98 Å². The van der Waals surface area contributed by atoms with Crippen LogP contribution in [0.5, 0.6) is 5.75 Å². The number of pyridine rings is 1. The Labute approximate surface area is 126 Å². The molecule has 0 amide bonds. The number of nitrogens with zero attached hydrogens (tertiary/aromatic N) is 1. The molecule has 112 valence electrons. The zero-order valence-corrected chi connectivity index (χ0v) is 12.8. The summed E-state index contributed by atoms with van der Waals surface area (Å²) in [4.78, 5) is 4.10. The molecule has 0 bridgehead atoms. The highest BCUT2D eigenvalue weighted by atomic mass is 19.1. The van der Waals surface area contributed by atoms with Crippen molar-refractivity contribution in [2.45, 2.75) is 39.0 Å². The molecule has 0 aliphatic rings. The van der Waals surface area contributed by atoms with Gasteiger partial charge in [-0.2, -0.15) is 0 Å². The normalized spacial score (nSPS) is 12.4. The molecule has 2 aromatic rings. The van der Waals surface area contributed by atoms with Crippen molar-refractivity contribution >= 4 is 0 Å². The lowest BCUT2D eigenvalue weighted by molar-refractivity contribution is 0.299. The van der Waals surface area contributed by atoms with Crippen molar-refractivity contribution in [2.24, 2.45) is 0 Å². The second-order valence-electron chi connectivity index (χ2n) is 5.66. The van der Waals surface area contributed by atoms with Crippen molar-refractivity contribution in [3.05, 3.63) is 59.7 Å². The molecule has 0 N–H and O–H groups in total. The Kier molecular flexibility index (Phi) is 5.32. The Morgan fingerprint density at radius 1 is 1.05 bits per heavy atom. The minimum atomic E-state index is -0.299. The predicted octanol–water partition coefficient (Wildman–Crippen LogP) is 4.92. The molecule has 1 aromatic carbocycles. The van der Waals surface area contributed by atoms with Crippen molar-refractivity contribution in [3.63, 3.8) is 0 Å². The van der Waals surface area contributed by atoms with E-state index in [1.165, 1.54) is 17.8 Å². The van der Waals surface area contributed by atoms with Gasteiger partial charge in [0.25, 0.3) is 0 Å². The van der Waals surface area contributed by atoms with E-state index in [4.69, 9.17) is 4.74 Å². The van der Waals surface area contributed by atoms with Gasteiger partial charge in [0, 0.05) is 11.6 Å². The van der Waals surface area contributed by atoms with Crippen LogP contribution in [0.3, 0.4) is 0 Å². The molecule has 21 heavy (non-hydrogen) atoms. The fourth-order valence-electron chi connectivity index (χ4n) is 2.13. The zero-order chi connectivity index (χ0) is 15.2. The third-order valence-corrected chi connectivity index (χ3v) is 3.62. The van der Waals surface area contributed by atoms with Gasteiger partial charge in [-0.25, -0.2) is 4.39 Å². The molecule has 0 saturated carbocycles. The summed E-state index contributed by atoms with van der Waals surface area (Å²) < 4.78 is 18.6. The predicted molar refractivity (Wildman–Crippen MR) is 83.3 cm³/mol. The largest absolute Gasteiger partial charge is 0.494 e. The van der Waals surface area contributed by atoms with Gasteiger partial charge in [0.2, 0.25) is 0 Å². The first kappa shape index (κ1) is 15.5. The van der Waals surface area contributed by atoms with E-state index in [9.17, 15) is 4.39 Å². The standard InChI is InChI=1S/C18H22FNO/c1-13(2)15-4-7-17(8-5-15)21-11-10-14(3)18-9-6-16(19)12-20-18/h4-9,12-14H,10-11H2,1-3H3. The van der Waals surface area contributed by atoms with Gasteiger partial charge in [-0.3, -0.25) is 4.98 Å². The first-order valence-corrected chi connectivity index (χ1v) is 7.40. The number of halogens is 1. The average molecular weight is 287 g/mol. The molecule has 1 aromatic heterocycles. The second kappa shape index (κ2) is 7.21. The third-order valence-electron chi connectivity index (χ3n) is 3.62. The summed E-state index contributed by atoms with van der Waals surface area (Å²) in [6, 6.07) is 11.4. The summed E-state index contributed by atoms with van der Waals surface area (Å²) in [5, 5.41) is 0. The monoisotopic (exact) mass is 287 g/mol. The van der Waals surface area contributed by atoms with Crippen molar-refractivity contribution in [3.8, 4) is 5.75 Å². The first-order valence-electron chi connectivity index (χ1n) is 7.40. The number of aromatic nitrogens is 1. The van der Waals surface area contributed by atoms with Gasteiger partial charge in [-0.1, -0.05) is 32.9 Å². The highest BCUT2D eigenvalue weighted by Crippen LogP contribution is 2.20. The SMILES string of the molecule is CC(C)c1ccc(OCCC(C)c2ccc(F)cn2)cc1. The molecule has 2 nitrogen and oxygen atoms in total. The molecular formula is C18H22FNO. The molecule has 0 aliphatic carbocycles. The number of benzene rings is 1. The Balaban J connectivity index is 1.82. The summed E-state index contributed by atoms with van der Waals surface area (Å²) in [5.74, 6) is 1.37. The van der Waals surface area contributed by atoms with Crippen LogP contribution in [-0.2, 0) is 0 Å². The summed E-state index contributed by atoms with van der Waals surface area (Å²) in [7, 11) is 0. The molecule has 0 spiro atoms. The average Bonchev–Trinajstić information content (AvgIpc) is 2.48. The van der Waals surface area contributed by atoms with Crippen LogP contribution in [0, 0.1) is 5.82 Å². The molecule has 1 atom stereocenters. The Bertz CT molecular complexity index is 548. The van der Waals surface area contributed by atoms with E-state index >= 15 is 0 Å². The van der Waals surface area contributed by atoms with E-state index in [0.29, 0.717) is 12.5 Å². The number of hydrogen-bond acceptors (Lipinski definition) is 2. The van der Waals surface area contributed by atoms with Gasteiger partial charge in [0.15, 0.2) is 0 Å². The van der Waals surface area contributed by atoms with Gasteiger partial charge < -0.3 is 4.74 Å².